The normalized spacial score (nSPS) is 14.0. The van der Waals surface area contributed by atoms with Crippen LogP contribution < -0.4 is 5.32 Å². The van der Waals surface area contributed by atoms with Crippen LogP contribution >= 0.6 is 0 Å². The third-order valence-corrected chi connectivity index (χ3v) is 5.81. The van der Waals surface area contributed by atoms with Crippen LogP contribution in [0.4, 0.5) is 0 Å². The number of hydrogen-bond acceptors (Lipinski definition) is 7. The quantitative estimate of drug-likeness (QED) is 0.400. The van der Waals surface area contributed by atoms with Crippen LogP contribution in [-0.4, -0.2) is 51.2 Å². The molecule has 1 aliphatic rings. The molecule has 2 aromatic carbocycles. The van der Waals surface area contributed by atoms with Gasteiger partial charge in [0.1, 0.15) is 6.04 Å². The maximum Gasteiger partial charge on any atom is 0.328 e. The van der Waals surface area contributed by atoms with Crippen LogP contribution in [0.25, 0.3) is 11.1 Å². The molecule has 0 bridgehead atoms. The fourth-order valence-electron chi connectivity index (χ4n) is 4.18. The highest BCUT2D eigenvalue weighted by atomic mass is 16.5. The van der Waals surface area contributed by atoms with Gasteiger partial charge in [-0.2, -0.15) is 0 Å². The second-order valence-electron chi connectivity index (χ2n) is 7.50. The summed E-state index contributed by atoms with van der Waals surface area (Å²) in [6.07, 6.45) is 0. The number of esters is 3. The van der Waals surface area contributed by atoms with Crippen molar-refractivity contribution >= 4 is 23.8 Å². The number of hydrogen-bond donors (Lipinski definition) is 1. The number of methoxy groups -OCH3 is 3. The van der Waals surface area contributed by atoms with Gasteiger partial charge < -0.3 is 19.5 Å². The molecule has 8 heteroatoms. The third kappa shape index (κ3) is 4.08. The Bertz CT molecular complexity index is 987. The number of ether oxygens (including phenoxy) is 3. The van der Waals surface area contributed by atoms with Gasteiger partial charge in [-0.05, 0) is 22.3 Å². The molecule has 0 heterocycles. The lowest BCUT2D eigenvalue weighted by Gasteiger charge is -2.28. The van der Waals surface area contributed by atoms with Gasteiger partial charge in [0.2, 0.25) is 5.91 Å². The molecule has 0 spiro atoms. The van der Waals surface area contributed by atoms with Crippen molar-refractivity contribution in [3.8, 4) is 11.1 Å². The number of nitrogens with one attached hydrogen (secondary N) is 1. The van der Waals surface area contributed by atoms with Crippen LogP contribution in [0, 0.1) is 11.8 Å². The summed E-state index contributed by atoms with van der Waals surface area (Å²) in [5.74, 6) is -6.04. The molecule has 0 radical (unpaired) electrons. The lowest BCUT2D eigenvalue weighted by atomic mass is 9.86. The molecule has 8 nitrogen and oxygen atoms in total. The van der Waals surface area contributed by atoms with Crippen molar-refractivity contribution in [2.24, 2.45) is 11.8 Å². The largest absolute Gasteiger partial charge is 0.468 e. The maximum absolute atomic E-state index is 13.5. The van der Waals surface area contributed by atoms with Crippen LogP contribution in [0.3, 0.4) is 0 Å². The Morgan fingerprint density at radius 3 is 1.62 bits per heavy atom. The first kappa shape index (κ1) is 23.0. The monoisotopic (exact) mass is 439 g/mol. The molecule has 2 aromatic rings. The van der Waals surface area contributed by atoms with E-state index in [0.717, 1.165) is 36.5 Å². The van der Waals surface area contributed by atoms with Gasteiger partial charge >= 0.3 is 17.9 Å². The van der Waals surface area contributed by atoms with Crippen LogP contribution in [0.1, 0.15) is 24.0 Å². The average Bonchev–Trinajstić information content (AvgIpc) is 3.16. The zero-order chi connectivity index (χ0) is 23.4. The highest BCUT2D eigenvalue weighted by Crippen LogP contribution is 2.44. The van der Waals surface area contributed by atoms with Crippen molar-refractivity contribution in [2.75, 3.05) is 21.3 Å². The van der Waals surface area contributed by atoms with Crippen molar-refractivity contribution in [1.82, 2.24) is 5.32 Å². The van der Waals surface area contributed by atoms with Gasteiger partial charge in [-0.1, -0.05) is 55.5 Å². The summed E-state index contributed by atoms with van der Waals surface area (Å²) in [4.78, 5) is 50.5. The molecule has 0 saturated heterocycles. The molecule has 0 saturated carbocycles. The molecule has 3 rings (SSSR count). The Kier molecular flexibility index (Phi) is 6.92. The second-order valence-corrected chi connectivity index (χ2v) is 7.50. The number of rotatable bonds is 7. The van der Waals surface area contributed by atoms with Gasteiger partial charge in [-0.15, -0.1) is 0 Å². The average molecular weight is 439 g/mol. The molecule has 0 aliphatic heterocycles. The zero-order valence-corrected chi connectivity index (χ0v) is 18.3. The number of amides is 1. The summed E-state index contributed by atoms with van der Waals surface area (Å²) in [6, 6.07) is 13.8. The van der Waals surface area contributed by atoms with Crippen molar-refractivity contribution in [3.63, 3.8) is 0 Å². The Morgan fingerprint density at radius 1 is 0.750 bits per heavy atom. The predicted molar refractivity (Wildman–Crippen MR) is 114 cm³/mol. The summed E-state index contributed by atoms with van der Waals surface area (Å²) >= 11 is 0. The summed E-state index contributed by atoms with van der Waals surface area (Å²) < 4.78 is 14.3. The molecule has 2 atom stereocenters. The van der Waals surface area contributed by atoms with E-state index in [1.165, 1.54) is 14.0 Å². The lowest BCUT2D eigenvalue weighted by Crippen LogP contribution is -2.52. The first-order valence-corrected chi connectivity index (χ1v) is 10.1. The van der Waals surface area contributed by atoms with Crippen LogP contribution in [0.5, 0.6) is 0 Å². The van der Waals surface area contributed by atoms with Gasteiger partial charge in [0.25, 0.3) is 0 Å². The molecule has 0 aromatic heterocycles. The van der Waals surface area contributed by atoms with E-state index in [4.69, 9.17) is 14.2 Å². The smallest absolute Gasteiger partial charge is 0.328 e. The van der Waals surface area contributed by atoms with Gasteiger partial charge in [0.05, 0.1) is 27.2 Å². The molecular formula is C24H25NO7. The number of carbonyl (C=O) groups excluding carboxylic acids is 4. The predicted octanol–water partition coefficient (Wildman–Crippen LogP) is 2.05. The summed E-state index contributed by atoms with van der Waals surface area (Å²) in [7, 11) is 3.42. The van der Waals surface area contributed by atoms with Crippen molar-refractivity contribution in [3.05, 3.63) is 59.7 Å². The molecule has 1 N–H and O–H groups in total. The molecule has 32 heavy (non-hydrogen) atoms. The van der Waals surface area contributed by atoms with E-state index in [1.807, 2.05) is 48.5 Å². The summed E-state index contributed by atoms with van der Waals surface area (Å²) in [5, 5.41) is 2.70. The van der Waals surface area contributed by atoms with Crippen molar-refractivity contribution < 1.29 is 33.4 Å². The number of carbonyl (C=O) groups is 4. The Hall–Kier alpha value is -3.68. The van der Waals surface area contributed by atoms with E-state index >= 15 is 0 Å². The van der Waals surface area contributed by atoms with Crippen LogP contribution in [-0.2, 0) is 33.4 Å². The minimum Gasteiger partial charge on any atom is -0.468 e. The van der Waals surface area contributed by atoms with Crippen molar-refractivity contribution in [1.29, 1.82) is 0 Å². The van der Waals surface area contributed by atoms with E-state index in [1.54, 1.807) is 0 Å². The van der Waals surface area contributed by atoms with Crippen LogP contribution in [0.15, 0.2) is 48.5 Å². The van der Waals surface area contributed by atoms with Gasteiger partial charge in [-0.3, -0.25) is 14.4 Å². The SMILES string of the molecule is COC(=O)C(C(=O)OC)[C@@H](C)[C@@H](NC(=O)C1c2ccccc2-c2ccccc21)C(=O)OC. The topological polar surface area (TPSA) is 108 Å². The number of benzene rings is 2. The van der Waals surface area contributed by atoms with Gasteiger partial charge in [0, 0.05) is 5.92 Å². The minimum absolute atomic E-state index is 0.446. The minimum atomic E-state index is -1.42. The van der Waals surface area contributed by atoms with Crippen molar-refractivity contribution in [2.45, 2.75) is 18.9 Å². The first-order valence-electron chi connectivity index (χ1n) is 10.1. The Morgan fingerprint density at radius 2 is 1.19 bits per heavy atom. The van der Waals surface area contributed by atoms with E-state index in [-0.39, 0.29) is 0 Å². The van der Waals surface area contributed by atoms with E-state index < -0.39 is 47.6 Å². The highest BCUT2D eigenvalue weighted by molar-refractivity contribution is 5.99. The molecule has 1 amide bonds. The van der Waals surface area contributed by atoms with Crippen LogP contribution in [0.2, 0.25) is 0 Å². The number of fused-ring (bicyclic) bond motifs is 3. The molecule has 1 aliphatic carbocycles. The summed E-state index contributed by atoms with van der Waals surface area (Å²) in [5.41, 5.74) is 3.49. The van der Waals surface area contributed by atoms with Gasteiger partial charge in [0.15, 0.2) is 5.92 Å². The maximum atomic E-state index is 13.5. The molecule has 168 valence electrons. The standard InChI is InChI=1S/C24H25NO7/c1-13(18(22(27)30-2)23(28)31-3)20(24(29)32-4)25-21(26)19-16-11-7-5-9-14(16)15-10-6-8-12-17(15)19/h5-13,18-20H,1-4H3,(H,25,26)/t13-,20-/m1/s1. The Labute approximate surface area is 185 Å². The lowest BCUT2D eigenvalue weighted by molar-refractivity contribution is -0.163. The molecule has 0 fully saturated rings. The molecular weight excluding hydrogens is 414 g/mol. The zero-order valence-electron chi connectivity index (χ0n) is 18.3. The second kappa shape index (κ2) is 9.64. The highest BCUT2D eigenvalue weighted by Gasteiger charge is 2.44. The Balaban J connectivity index is 1.96. The third-order valence-electron chi connectivity index (χ3n) is 5.81. The first-order chi connectivity index (χ1) is 15.3. The fraction of sp³-hybridized carbons (Fsp3) is 0.333. The van der Waals surface area contributed by atoms with E-state index in [9.17, 15) is 19.2 Å². The van der Waals surface area contributed by atoms with Gasteiger partial charge in [-0.25, -0.2) is 4.79 Å². The molecule has 0 unspecified atom stereocenters. The summed E-state index contributed by atoms with van der Waals surface area (Å²) in [6.45, 7) is 1.48. The van der Waals surface area contributed by atoms with E-state index in [2.05, 4.69) is 5.32 Å². The van der Waals surface area contributed by atoms with E-state index in [0.29, 0.717) is 0 Å². The fourth-order valence-corrected chi connectivity index (χ4v) is 4.18.